The van der Waals surface area contributed by atoms with Crippen molar-refractivity contribution in [2.75, 3.05) is 13.7 Å². The molecule has 5 heteroatoms. The first-order valence-corrected chi connectivity index (χ1v) is 8.38. The third-order valence-electron chi connectivity index (χ3n) is 4.53. The molecule has 2 rings (SSSR count). The molecule has 0 spiro atoms. The monoisotopic (exact) mass is 295 g/mol. The van der Waals surface area contributed by atoms with E-state index in [1.807, 2.05) is 14.0 Å². The van der Waals surface area contributed by atoms with Crippen LogP contribution in [-0.2, 0) is 16.8 Å². The van der Waals surface area contributed by atoms with Crippen LogP contribution in [0.5, 0.6) is 0 Å². The van der Waals surface area contributed by atoms with Crippen LogP contribution in [0.25, 0.3) is 0 Å². The summed E-state index contributed by atoms with van der Waals surface area (Å²) in [6, 6.07) is 0.385. The average Bonchev–Trinajstić information content (AvgIpc) is 2.85. The fourth-order valence-electron chi connectivity index (χ4n) is 3.19. The van der Waals surface area contributed by atoms with Gasteiger partial charge in [-0.1, -0.05) is 37.8 Å². The molecule has 120 valence electrons. The van der Waals surface area contributed by atoms with Gasteiger partial charge in [-0.3, -0.25) is 0 Å². The molecule has 1 saturated carbocycles. The van der Waals surface area contributed by atoms with Crippen molar-refractivity contribution in [3.05, 3.63) is 11.7 Å². The second-order valence-electron chi connectivity index (χ2n) is 5.95. The summed E-state index contributed by atoms with van der Waals surface area (Å²) in [7, 11) is 1.97. The second kappa shape index (κ2) is 7.90. The molecule has 0 bridgehead atoms. The number of nitrogens with zero attached hydrogens (tertiary/aromatic N) is 2. The Morgan fingerprint density at radius 1 is 1.24 bits per heavy atom. The molecule has 1 aliphatic rings. The van der Waals surface area contributed by atoms with E-state index in [0.717, 1.165) is 37.4 Å². The third kappa shape index (κ3) is 4.04. The van der Waals surface area contributed by atoms with Crippen LogP contribution in [0.2, 0.25) is 0 Å². The van der Waals surface area contributed by atoms with Crippen molar-refractivity contribution in [3.63, 3.8) is 0 Å². The summed E-state index contributed by atoms with van der Waals surface area (Å²) in [5, 5.41) is 7.53. The molecule has 1 heterocycles. The third-order valence-corrected chi connectivity index (χ3v) is 4.53. The lowest BCUT2D eigenvalue weighted by atomic mass is 9.93. The van der Waals surface area contributed by atoms with E-state index in [-0.39, 0.29) is 5.60 Å². The fourth-order valence-corrected chi connectivity index (χ4v) is 3.19. The fraction of sp³-hybridized carbons (Fsp3) is 0.875. The predicted octanol–water partition coefficient (Wildman–Crippen LogP) is 3.20. The Balaban J connectivity index is 2.15. The molecule has 0 amide bonds. The van der Waals surface area contributed by atoms with E-state index in [0.29, 0.717) is 12.6 Å². The average molecular weight is 295 g/mol. The standard InChI is InChI=1S/C16H29N3O2/c1-4-13(17-3)12-14-18-15(19-21-14)16(20-5-2)10-8-6-7-9-11-16/h13,17H,4-12H2,1-3H3. The Morgan fingerprint density at radius 2 is 1.95 bits per heavy atom. The van der Waals surface area contributed by atoms with E-state index < -0.39 is 0 Å². The Hall–Kier alpha value is -0.940. The number of likely N-dealkylation sites (N-methyl/N-ethyl adjacent to an activating group) is 1. The summed E-state index contributed by atoms with van der Waals surface area (Å²) in [6.45, 7) is 4.89. The number of hydrogen-bond acceptors (Lipinski definition) is 5. The molecule has 1 atom stereocenters. The Labute approximate surface area is 127 Å². The summed E-state index contributed by atoms with van der Waals surface area (Å²) in [6.07, 6.45) is 8.74. The SMILES string of the molecule is CCOC1(c2noc(CC(CC)NC)n2)CCCCCC1. The summed E-state index contributed by atoms with van der Waals surface area (Å²) in [4.78, 5) is 4.66. The van der Waals surface area contributed by atoms with Crippen LogP contribution in [0, 0.1) is 0 Å². The van der Waals surface area contributed by atoms with Crippen LogP contribution in [0.3, 0.4) is 0 Å². The van der Waals surface area contributed by atoms with Gasteiger partial charge in [-0.2, -0.15) is 4.98 Å². The second-order valence-corrected chi connectivity index (χ2v) is 5.95. The molecule has 0 saturated heterocycles. The molecule has 1 unspecified atom stereocenters. The molecule has 1 fully saturated rings. The van der Waals surface area contributed by atoms with Gasteiger partial charge < -0.3 is 14.6 Å². The van der Waals surface area contributed by atoms with Gasteiger partial charge in [-0.15, -0.1) is 0 Å². The lowest BCUT2D eigenvalue weighted by Crippen LogP contribution is -2.31. The van der Waals surface area contributed by atoms with Crippen LogP contribution in [0.4, 0.5) is 0 Å². The first kappa shape index (κ1) is 16.4. The van der Waals surface area contributed by atoms with Gasteiger partial charge in [-0.25, -0.2) is 0 Å². The van der Waals surface area contributed by atoms with E-state index in [1.165, 1.54) is 25.7 Å². The molecule has 5 nitrogen and oxygen atoms in total. The Bertz CT molecular complexity index is 407. The maximum Gasteiger partial charge on any atom is 0.228 e. The zero-order chi connectivity index (χ0) is 15.1. The predicted molar refractivity (Wildman–Crippen MR) is 82.1 cm³/mol. The van der Waals surface area contributed by atoms with Crippen molar-refractivity contribution in [2.45, 2.75) is 76.9 Å². The molecule has 0 radical (unpaired) electrons. The number of hydrogen-bond donors (Lipinski definition) is 1. The van der Waals surface area contributed by atoms with Gasteiger partial charge in [0.25, 0.3) is 0 Å². The highest BCUT2D eigenvalue weighted by atomic mass is 16.5. The Kier molecular flexibility index (Phi) is 6.18. The molecular weight excluding hydrogens is 266 g/mol. The van der Waals surface area contributed by atoms with Gasteiger partial charge in [0.1, 0.15) is 5.60 Å². The largest absolute Gasteiger partial charge is 0.367 e. The number of aromatic nitrogens is 2. The van der Waals surface area contributed by atoms with E-state index in [2.05, 4.69) is 22.4 Å². The molecular formula is C16H29N3O2. The van der Waals surface area contributed by atoms with Gasteiger partial charge in [0.15, 0.2) is 0 Å². The maximum absolute atomic E-state index is 6.11. The highest BCUT2D eigenvalue weighted by Gasteiger charge is 2.38. The van der Waals surface area contributed by atoms with Crippen molar-refractivity contribution in [2.24, 2.45) is 0 Å². The van der Waals surface area contributed by atoms with Crippen LogP contribution < -0.4 is 5.32 Å². The Morgan fingerprint density at radius 3 is 2.52 bits per heavy atom. The van der Waals surface area contributed by atoms with E-state index in [1.54, 1.807) is 0 Å². The zero-order valence-corrected chi connectivity index (χ0v) is 13.7. The lowest BCUT2D eigenvalue weighted by molar-refractivity contribution is -0.0636. The minimum Gasteiger partial charge on any atom is -0.367 e. The van der Waals surface area contributed by atoms with Gasteiger partial charge in [0, 0.05) is 19.1 Å². The highest BCUT2D eigenvalue weighted by molar-refractivity contribution is 5.03. The first-order chi connectivity index (χ1) is 10.2. The topological polar surface area (TPSA) is 60.2 Å². The molecule has 0 aliphatic heterocycles. The normalized spacial score (nSPS) is 20.1. The van der Waals surface area contributed by atoms with Gasteiger partial charge in [0.2, 0.25) is 11.7 Å². The summed E-state index contributed by atoms with van der Waals surface area (Å²) >= 11 is 0. The molecule has 1 aromatic heterocycles. The smallest absolute Gasteiger partial charge is 0.228 e. The minimum atomic E-state index is -0.325. The van der Waals surface area contributed by atoms with Crippen LogP contribution >= 0.6 is 0 Å². The summed E-state index contributed by atoms with van der Waals surface area (Å²) in [5.41, 5.74) is -0.325. The van der Waals surface area contributed by atoms with Crippen molar-refractivity contribution in [1.82, 2.24) is 15.5 Å². The highest BCUT2D eigenvalue weighted by Crippen LogP contribution is 2.38. The van der Waals surface area contributed by atoms with Gasteiger partial charge in [-0.05, 0) is 33.2 Å². The molecule has 21 heavy (non-hydrogen) atoms. The minimum absolute atomic E-state index is 0.325. The molecule has 1 aliphatic carbocycles. The van der Waals surface area contributed by atoms with Gasteiger partial charge >= 0.3 is 0 Å². The van der Waals surface area contributed by atoms with E-state index >= 15 is 0 Å². The van der Waals surface area contributed by atoms with Gasteiger partial charge in [0.05, 0.1) is 0 Å². The first-order valence-electron chi connectivity index (χ1n) is 8.38. The summed E-state index contributed by atoms with van der Waals surface area (Å²) < 4.78 is 11.6. The molecule has 0 aromatic carbocycles. The van der Waals surface area contributed by atoms with Crippen LogP contribution in [0.15, 0.2) is 4.52 Å². The molecule has 1 aromatic rings. The van der Waals surface area contributed by atoms with E-state index in [9.17, 15) is 0 Å². The zero-order valence-electron chi connectivity index (χ0n) is 13.7. The van der Waals surface area contributed by atoms with E-state index in [4.69, 9.17) is 9.26 Å². The number of ether oxygens (including phenoxy) is 1. The van der Waals surface area contributed by atoms with Crippen LogP contribution in [-0.4, -0.2) is 29.8 Å². The number of rotatable bonds is 7. The van der Waals surface area contributed by atoms with Crippen molar-refractivity contribution < 1.29 is 9.26 Å². The quantitative estimate of drug-likeness (QED) is 0.783. The van der Waals surface area contributed by atoms with Crippen molar-refractivity contribution in [3.8, 4) is 0 Å². The maximum atomic E-state index is 6.11. The number of nitrogens with one attached hydrogen (secondary N) is 1. The van der Waals surface area contributed by atoms with Crippen molar-refractivity contribution >= 4 is 0 Å². The van der Waals surface area contributed by atoms with Crippen molar-refractivity contribution in [1.29, 1.82) is 0 Å². The lowest BCUT2D eigenvalue weighted by Gasteiger charge is -2.29. The molecule has 1 N–H and O–H groups in total. The summed E-state index contributed by atoms with van der Waals surface area (Å²) in [5.74, 6) is 1.47. The van der Waals surface area contributed by atoms with Crippen LogP contribution in [0.1, 0.15) is 70.5 Å².